The summed E-state index contributed by atoms with van der Waals surface area (Å²) < 4.78 is 79.5. The molecule has 0 spiro atoms. The topological polar surface area (TPSA) is 82.2 Å². The molecule has 0 saturated carbocycles. The van der Waals surface area contributed by atoms with Crippen molar-refractivity contribution in [3.05, 3.63) is 53.8 Å². The maximum absolute atomic E-state index is 16.8. The van der Waals surface area contributed by atoms with Gasteiger partial charge in [0.15, 0.2) is 5.82 Å². The van der Waals surface area contributed by atoms with E-state index in [1.807, 2.05) is 4.90 Å². The quantitative estimate of drug-likeness (QED) is 0.262. The molecule has 4 aliphatic heterocycles. The van der Waals surface area contributed by atoms with Gasteiger partial charge in [-0.25, -0.2) is 13.2 Å². The maximum Gasteiger partial charge on any atom is 0.319 e. The smallest absolute Gasteiger partial charge is 0.319 e. The van der Waals surface area contributed by atoms with Crippen LogP contribution in [0.2, 0.25) is 0 Å². The summed E-state index contributed by atoms with van der Waals surface area (Å²) in [6.07, 6.45) is 3.04. The summed E-state index contributed by atoms with van der Waals surface area (Å²) >= 11 is 0. The number of hydrogen-bond acceptors (Lipinski definition) is 7. The Morgan fingerprint density at radius 2 is 2.02 bits per heavy atom. The fourth-order valence-electron chi connectivity index (χ4n) is 8.23. The van der Waals surface area contributed by atoms with Crippen LogP contribution in [0, 0.1) is 18.6 Å². The Balaban J connectivity index is 1.26. The molecule has 4 atom stereocenters. The zero-order chi connectivity index (χ0) is 31.1. The molecule has 0 amide bonds. The lowest BCUT2D eigenvalue weighted by atomic mass is 9.94. The number of benzene rings is 2. The van der Waals surface area contributed by atoms with Crippen molar-refractivity contribution in [3.63, 3.8) is 0 Å². The molecule has 8 nitrogen and oxygen atoms in total. The highest BCUT2D eigenvalue weighted by molar-refractivity contribution is 6.00. The fourth-order valence-corrected chi connectivity index (χ4v) is 8.23. The predicted molar refractivity (Wildman–Crippen MR) is 159 cm³/mol. The van der Waals surface area contributed by atoms with Gasteiger partial charge in [-0.1, -0.05) is 6.07 Å². The maximum atomic E-state index is 16.8. The molecule has 1 unspecified atom stereocenters. The lowest BCUT2D eigenvalue weighted by Crippen LogP contribution is -2.59. The van der Waals surface area contributed by atoms with Crippen LogP contribution in [0.3, 0.4) is 0 Å². The molecular weight excluding hydrogens is 593 g/mol. The van der Waals surface area contributed by atoms with Crippen LogP contribution in [-0.2, 0) is 0 Å². The Bertz CT molecular complexity index is 1860. The lowest BCUT2D eigenvalue weighted by Gasteiger charge is -2.40. The van der Waals surface area contributed by atoms with E-state index in [1.165, 1.54) is 12.3 Å². The molecule has 4 fully saturated rings. The molecule has 4 saturated heterocycles. The first-order valence-electron chi connectivity index (χ1n) is 15.3. The van der Waals surface area contributed by atoms with E-state index in [0.29, 0.717) is 60.0 Å². The van der Waals surface area contributed by atoms with Gasteiger partial charge in [-0.05, 0) is 56.8 Å². The van der Waals surface area contributed by atoms with Crippen molar-refractivity contribution in [1.29, 1.82) is 0 Å². The third-order valence-corrected chi connectivity index (χ3v) is 10.2. The molecule has 2 aromatic heterocycles. The molecule has 236 valence electrons. The number of hydrogen-bond donors (Lipinski definition) is 2. The van der Waals surface area contributed by atoms with Crippen molar-refractivity contribution in [2.45, 2.75) is 62.3 Å². The fraction of sp³-hybridized carbons (Fsp3) is 0.469. The second kappa shape index (κ2) is 10.3. The van der Waals surface area contributed by atoms with E-state index < -0.39 is 35.0 Å². The van der Waals surface area contributed by atoms with Crippen molar-refractivity contribution in [3.8, 4) is 17.1 Å². The SMILES string of the molecule is Cc1c(F)cc2[nH]ncc2c1-c1ccc2c(N3C[C@@H]4CC[C@](C=C(F)F)(C3)N4)nc(OCC34CCCN3C[C@H](F)C4)nc2c1F. The van der Waals surface area contributed by atoms with Gasteiger partial charge in [0.05, 0.1) is 22.8 Å². The zero-order valence-electron chi connectivity index (χ0n) is 24.6. The summed E-state index contributed by atoms with van der Waals surface area (Å²) in [6, 6.07) is 4.44. The van der Waals surface area contributed by atoms with Crippen molar-refractivity contribution in [1.82, 2.24) is 30.4 Å². The number of anilines is 1. The van der Waals surface area contributed by atoms with E-state index in [9.17, 15) is 17.6 Å². The van der Waals surface area contributed by atoms with Crippen LogP contribution in [0.15, 0.2) is 36.6 Å². The number of fused-ring (bicyclic) bond motifs is 5. The number of aromatic amines is 1. The van der Waals surface area contributed by atoms with Crippen LogP contribution in [-0.4, -0.2) is 81.1 Å². The van der Waals surface area contributed by atoms with Crippen molar-refractivity contribution in [2.24, 2.45) is 0 Å². The lowest BCUT2D eigenvalue weighted by molar-refractivity contribution is 0.107. The van der Waals surface area contributed by atoms with E-state index in [1.54, 1.807) is 19.1 Å². The first kappa shape index (κ1) is 28.6. The Morgan fingerprint density at radius 1 is 1.16 bits per heavy atom. The first-order chi connectivity index (χ1) is 21.6. The summed E-state index contributed by atoms with van der Waals surface area (Å²) in [6.45, 7) is 3.52. The number of halogens is 5. The van der Waals surface area contributed by atoms with Crippen molar-refractivity contribution < 1.29 is 26.7 Å². The van der Waals surface area contributed by atoms with Crippen LogP contribution in [0.4, 0.5) is 27.8 Å². The molecule has 45 heavy (non-hydrogen) atoms. The molecule has 13 heteroatoms. The Labute approximate surface area is 255 Å². The van der Waals surface area contributed by atoms with Crippen LogP contribution < -0.4 is 15.0 Å². The predicted octanol–water partition coefficient (Wildman–Crippen LogP) is 5.81. The van der Waals surface area contributed by atoms with Crippen molar-refractivity contribution in [2.75, 3.05) is 37.7 Å². The van der Waals surface area contributed by atoms with Crippen LogP contribution >= 0.6 is 0 Å². The van der Waals surface area contributed by atoms with Gasteiger partial charge in [0.2, 0.25) is 0 Å². The standard InChI is InChI=1S/C32H32F5N7O/c1-17-23(34)9-24-22(12-38-42-24)26(17)20-3-4-21-28(27(20)37)39-30(45-16-32-6-2-8-44(32)13-18(33)10-32)40-29(21)43-14-19-5-7-31(15-43,41-19)11-25(35)36/h3-4,9,11-12,18-19,41H,2,5-8,10,13-16H2,1H3,(H,38,42)/t18-,19+,31+,32?/m1/s1. The number of aromatic nitrogens is 4. The Kier molecular flexibility index (Phi) is 6.58. The van der Waals surface area contributed by atoms with E-state index in [-0.39, 0.29) is 41.8 Å². The normalized spacial score (nSPS) is 27.9. The highest BCUT2D eigenvalue weighted by atomic mass is 19.3. The highest BCUT2D eigenvalue weighted by Crippen LogP contribution is 2.43. The van der Waals surface area contributed by atoms with E-state index in [4.69, 9.17) is 9.72 Å². The van der Waals surface area contributed by atoms with E-state index >= 15 is 4.39 Å². The van der Waals surface area contributed by atoms with Gasteiger partial charge in [0.1, 0.15) is 29.9 Å². The van der Waals surface area contributed by atoms with Gasteiger partial charge < -0.3 is 15.0 Å². The number of alkyl halides is 1. The molecule has 4 aliphatic rings. The molecule has 4 aromatic rings. The third kappa shape index (κ3) is 4.65. The monoisotopic (exact) mass is 625 g/mol. The first-order valence-corrected chi connectivity index (χ1v) is 15.3. The molecule has 2 N–H and O–H groups in total. The Morgan fingerprint density at radius 3 is 2.87 bits per heavy atom. The summed E-state index contributed by atoms with van der Waals surface area (Å²) in [4.78, 5) is 13.3. The number of rotatable bonds is 6. The summed E-state index contributed by atoms with van der Waals surface area (Å²) in [5.41, 5.74) is -0.287. The summed E-state index contributed by atoms with van der Waals surface area (Å²) in [5, 5.41) is 11.0. The third-order valence-electron chi connectivity index (χ3n) is 10.2. The van der Waals surface area contributed by atoms with E-state index in [0.717, 1.165) is 25.5 Å². The van der Waals surface area contributed by atoms with Gasteiger partial charge in [-0.15, -0.1) is 0 Å². The molecule has 2 bridgehead atoms. The van der Waals surface area contributed by atoms with Crippen LogP contribution in [0.25, 0.3) is 32.9 Å². The van der Waals surface area contributed by atoms with Crippen LogP contribution in [0.1, 0.15) is 37.7 Å². The number of nitrogens with zero attached hydrogens (tertiary/aromatic N) is 5. The second-order valence-electron chi connectivity index (χ2n) is 13.1. The van der Waals surface area contributed by atoms with Gasteiger partial charge in [-0.3, -0.25) is 10.00 Å². The Hall–Kier alpha value is -3.84. The minimum absolute atomic E-state index is 0.0319. The number of ether oxygens (including phenoxy) is 1. The number of piperazine rings is 1. The van der Waals surface area contributed by atoms with Gasteiger partial charge >= 0.3 is 6.01 Å². The largest absolute Gasteiger partial charge is 0.461 e. The highest BCUT2D eigenvalue weighted by Gasteiger charge is 2.49. The number of H-pyrrole nitrogens is 1. The molecule has 2 aromatic carbocycles. The average Bonchev–Trinajstić information content (AvgIpc) is 3.75. The molecule has 8 rings (SSSR count). The average molecular weight is 626 g/mol. The molecule has 6 heterocycles. The summed E-state index contributed by atoms with van der Waals surface area (Å²) in [7, 11) is 0. The molecule has 0 radical (unpaired) electrons. The zero-order valence-corrected chi connectivity index (χ0v) is 24.6. The molecule has 0 aliphatic carbocycles. The second-order valence-corrected chi connectivity index (χ2v) is 13.1. The van der Waals surface area contributed by atoms with Gasteiger partial charge in [-0.2, -0.15) is 23.8 Å². The van der Waals surface area contributed by atoms with Crippen molar-refractivity contribution >= 4 is 27.6 Å². The minimum atomic E-state index is -1.77. The minimum Gasteiger partial charge on any atom is -0.461 e. The summed E-state index contributed by atoms with van der Waals surface area (Å²) in [5.74, 6) is -0.831. The molecular formula is C32H32F5N7O. The van der Waals surface area contributed by atoms with Gasteiger partial charge in [0, 0.05) is 60.1 Å². The van der Waals surface area contributed by atoms with Crippen LogP contribution in [0.5, 0.6) is 6.01 Å². The number of nitrogens with one attached hydrogen (secondary N) is 2. The van der Waals surface area contributed by atoms with E-state index in [2.05, 4.69) is 25.4 Å². The van der Waals surface area contributed by atoms with Gasteiger partial charge in [0.25, 0.3) is 6.08 Å².